The Morgan fingerprint density at radius 3 is 2.67 bits per heavy atom. The average molecular weight is 359 g/mol. The van der Waals surface area contributed by atoms with Gasteiger partial charge >= 0.3 is 12.1 Å². The molecule has 0 aromatic heterocycles. The number of nitrogens with zero attached hydrogens (tertiary/aromatic N) is 3. The maximum Gasteiger partial charge on any atom is 0.410 e. The van der Waals surface area contributed by atoms with Gasteiger partial charge in [0.2, 0.25) is 5.90 Å². The SMILES string of the molecule is CCOC(=O)C1=NN=C(C2CCCN2C(=O)OC(C)(C)C)OS1=O. The van der Waals surface area contributed by atoms with Crippen LogP contribution in [0, 0.1) is 0 Å². The average Bonchev–Trinajstić information content (AvgIpc) is 2.95. The summed E-state index contributed by atoms with van der Waals surface area (Å²) in [6.45, 7) is 7.54. The summed E-state index contributed by atoms with van der Waals surface area (Å²) in [5.41, 5.74) is -0.627. The van der Waals surface area contributed by atoms with Crippen LogP contribution in [0.4, 0.5) is 4.79 Å². The summed E-state index contributed by atoms with van der Waals surface area (Å²) in [6.07, 6.45) is 0.814. The highest BCUT2D eigenvalue weighted by atomic mass is 32.2. The highest BCUT2D eigenvalue weighted by Gasteiger charge is 2.39. The minimum Gasteiger partial charge on any atom is -0.461 e. The highest BCUT2D eigenvalue weighted by Crippen LogP contribution is 2.24. The van der Waals surface area contributed by atoms with E-state index in [2.05, 4.69) is 10.2 Å². The lowest BCUT2D eigenvalue weighted by atomic mass is 10.2. The van der Waals surface area contributed by atoms with Gasteiger partial charge in [0.05, 0.1) is 6.61 Å². The van der Waals surface area contributed by atoms with Crippen LogP contribution in [0.25, 0.3) is 0 Å². The molecule has 0 bridgehead atoms. The number of esters is 1. The first-order chi connectivity index (χ1) is 11.2. The number of carbonyl (C=O) groups is 2. The molecule has 1 fully saturated rings. The zero-order valence-corrected chi connectivity index (χ0v) is 14.9. The van der Waals surface area contributed by atoms with E-state index in [-0.39, 0.29) is 12.5 Å². The van der Waals surface area contributed by atoms with E-state index in [0.29, 0.717) is 13.0 Å². The highest BCUT2D eigenvalue weighted by molar-refractivity contribution is 7.99. The number of hydrogen-bond acceptors (Lipinski definition) is 8. The van der Waals surface area contributed by atoms with Gasteiger partial charge in [-0.2, -0.15) is 0 Å². The molecule has 0 radical (unpaired) electrons. The molecule has 0 aromatic carbocycles. The van der Waals surface area contributed by atoms with E-state index in [0.717, 1.165) is 6.42 Å². The monoisotopic (exact) mass is 359 g/mol. The van der Waals surface area contributed by atoms with Crippen LogP contribution in [-0.4, -0.2) is 56.9 Å². The van der Waals surface area contributed by atoms with Gasteiger partial charge in [-0.05, 0) is 40.5 Å². The van der Waals surface area contributed by atoms with Crippen LogP contribution in [0.5, 0.6) is 0 Å². The predicted molar refractivity (Wildman–Crippen MR) is 86.7 cm³/mol. The summed E-state index contributed by atoms with van der Waals surface area (Å²) in [5, 5.41) is 7.06. The second-order valence-corrected chi connectivity index (χ2v) is 7.24. The molecule has 2 unspecified atom stereocenters. The van der Waals surface area contributed by atoms with Crippen molar-refractivity contribution in [2.45, 2.75) is 52.2 Å². The maximum atomic E-state index is 12.3. The summed E-state index contributed by atoms with van der Waals surface area (Å²) >= 11 is -2.12. The van der Waals surface area contributed by atoms with Crippen LogP contribution >= 0.6 is 0 Å². The molecule has 0 aromatic rings. The van der Waals surface area contributed by atoms with Crippen LogP contribution in [0.2, 0.25) is 0 Å². The summed E-state index contributed by atoms with van der Waals surface area (Å²) in [6, 6.07) is -0.517. The van der Waals surface area contributed by atoms with Gasteiger partial charge in [-0.15, -0.1) is 10.2 Å². The Kier molecular flexibility index (Phi) is 5.58. The number of amides is 1. The second kappa shape index (κ2) is 7.29. The van der Waals surface area contributed by atoms with E-state index in [9.17, 15) is 13.8 Å². The molecule has 134 valence electrons. The fourth-order valence-corrected chi connectivity index (χ4v) is 2.93. The van der Waals surface area contributed by atoms with Gasteiger partial charge in [0.1, 0.15) is 11.6 Å². The van der Waals surface area contributed by atoms with Gasteiger partial charge in [-0.3, -0.25) is 4.90 Å². The Labute approximate surface area is 142 Å². The molecule has 1 saturated heterocycles. The Bertz CT molecular complexity index is 610. The lowest BCUT2D eigenvalue weighted by Gasteiger charge is -2.28. The molecule has 2 aliphatic rings. The third-order valence-corrected chi connectivity index (χ3v) is 4.06. The van der Waals surface area contributed by atoms with Crippen molar-refractivity contribution in [3.05, 3.63) is 0 Å². The zero-order chi connectivity index (χ0) is 17.9. The van der Waals surface area contributed by atoms with Crippen molar-refractivity contribution in [2.75, 3.05) is 13.2 Å². The summed E-state index contributed by atoms with van der Waals surface area (Å²) in [4.78, 5) is 25.3. The van der Waals surface area contributed by atoms with E-state index < -0.39 is 39.8 Å². The zero-order valence-electron chi connectivity index (χ0n) is 14.1. The van der Waals surface area contributed by atoms with E-state index >= 15 is 0 Å². The quantitative estimate of drug-likeness (QED) is 0.704. The van der Waals surface area contributed by atoms with Crippen molar-refractivity contribution >= 4 is 34.1 Å². The largest absolute Gasteiger partial charge is 0.461 e. The molecule has 0 N–H and O–H groups in total. The van der Waals surface area contributed by atoms with Gasteiger partial charge < -0.3 is 13.7 Å². The number of likely N-dealkylation sites (tertiary alicyclic amines) is 1. The normalized spacial score (nSPS) is 23.9. The van der Waals surface area contributed by atoms with Crippen LogP contribution in [0.15, 0.2) is 10.2 Å². The first-order valence-electron chi connectivity index (χ1n) is 7.65. The summed E-state index contributed by atoms with van der Waals surface area (Å²) in [7, 11) is 0. The van der Waals surface area contributed by atoms with Crippen LogP contribution in [-0.2, 0) is 29.5 Å². The maximum absolute atomic E-state index is 12.3. The molecule has 2 atom stereocenters. The number of carbonyl (C=O) groups excluding carboxylic acids is 2. The van der Waals surface area contributed by atoms with Crippen molar-refractivity contribution in [1.29, 1.82) is 0 Å². The van der Waals surface area contributed by atoms with Crippen LogP contribution in [0.3, 0.4) is 0 Å². The third kappa shape index (κ3) is 4.31. The Morgan fingerprint density at radius 2 is 2.08 bits per heavy atom. The molecular formula is C14H21N3O6S. The van der Waals surface area contributed by atoms with E-state index in [1.54, 1.807) is 27.7 Å². The lowest BCUT2D eigenvalue weighted by Crippen LogP contribution is -2.45. The van der Waals surface area contributed by atoms with E-state index in [1.165, 1.54) is 4.90 Å². The molecule has 0 aliphatic carbocycles. The Morgan fingerprint density at radius 1 is 1.38 bits per heavy atom. The van der Waals surface area contributed by atoms with E-state index in [1.807, 2.05) is 0 Å². The first kappa shape index (κ1) is 18.4. The number of rotatable bonds is 3. The van der Waals surface area contributed by atoms with Crippen molar-refractivity contribution in [3.8, 4) is 0 Å². The summed E-state index contributed by atoms with van der Waals surface area (Å²) in [5.74, 6) is -0.807. The summed E-state index contributed by atoms with van der Waals surface area (Å²) < 4.78 is 27.3. The molecule has 2 rings (SSSR count). The van der Waals surface area contributed by atoms with Crippen molar-refractivity contribution < 1.29 is 27.5 Å². The molecular weight excluding hydrogens is 338 g/mol. The van der Waals surface area contributed by atoms with Gasteiger partial charge in [-0.25, -0.2) is 13.8 Å². The fraction of sp³-hybridized carbons (Fsp3) is 0.714. The number of hydrogen-bond donors (Lipinski definition) is 0. The van der Waals surface area contributed by atoms with Crippen LogP contribution < -0.4 is 0 Å². The molecule has 2 aliphatic heterocycles. The lowest BCUT2D eigenvalue weighted by molar-refractivity contribution is -0.134. The van der Waals surface area contributed by atoms with Gasteiger partial charge in [0, 0.05) is 6.54 Å². The van der Waals surface area contributed by atoms with Gasteiger partial charge in [-0.1, -0.05) is 0 Å². The minimum atomic E-state index is -2.12. The third-order valence-electron chi connectivity index (χ3n) is 3.17. The van der Waals surface area contributed by atoms with Crippen molar-refractivity contribution in [3.63, 3.8) is 0 Å². The Hall–Kier alpha value is -1.97. The molecule has 24 heavy (non-hydrogen) atoms. The van der Waals surface area contributed by atoms with Crippen molar-refractivity contribution in [1.82, 2.24) is 4.90 Å². The molecule has 0 spiro atoms. The predicted octanol–water partition coefficient (Wildman–Crippen LogP) is 1.35. The van der Waals surface area contributed by atoms with Gasteiger partial charge in [0.15, 0.2) is 0 Å². The van der Waals surface area contributed by atoms with Gasteiger partial charge in [0.25, 0.3) is 16.1 Å². The Balaban J connectivity index is 2.14. The molecule has 2 heterocycles. The van der Waals surface area contributed by atoms with E-state index in [4.69, 9.17) is 13.7 Å². The molecule has 10 heteroatoms. The molecule has 0 saturated carbocycles. The standard InChI is InChI=1S/C14H21N3O6S/c1-5-21-12(18)11-16-15-10(23-24(11)20)9-7-6-8-17(9)13(19)22-14(2,3)4/h9H,5-8H2,1-4H3. The smallest absolute Gasteiger partial charge is 0.410 e. The molecule has 9 nitrogen and oxygen atoms in total. The topological polar surface area (TPSA) is 107 Å². The van der Waals surface area contributed by atoms with Crippen LogP contribution in [0.1, 0.15) is 40.5 Å². The number of ether oxygens (including phenoxy) is 2. The first-order valence-corrected chi connectivity index (χ1v) is 8.73. The second-order valence-electron chi connectivity index (χ2n) is 6.21. The van der Waals surface area contributed by atoms with Crippen molar-refractivity contribution in [2.24, 2.45) is 10.2 Å². The minimum absolute atomic E-state index is 0.0322. The molecule has 1 amide bonds. The fourth-order valence-electron chi connectivity index (χ4n) is 2.25.